The van der Waals surface area contributed by atoms with E-state index in [1.54, 1.807) is 12.1 Å². The van der Waals surface area contributed by atoms with Gasteiger partial charge in [0.15, 0.2) is 11.5 Å². The number of likely N-dealkylation sites (tertiary alicyclic amines) is 1. The number of nitrogens with zero attached hydrogens (tertiary/aromatic N) is 1. The van der Waals surface area contributed by atoms with Crippen molar-refractivity contribution in [3.05, 3.63) is 66.2 Å². The summed E-state index contributed by atoms with van der Waals surface area (Å²) in [7, 11) is 0. The second-order valence-corrected chi connectivity index (χ2v) is 8.97. The molecule has 7 nitrogen and oxygen atoms in total. The molecule has 1 atom stereocenters. The lowest BCUT2D eigenvalue weighted by Crippen LogP contribution is -2.43. The minimum Gasteiger partial charge on any atom is -0.454 e. The summed E-state index contributed by atoms with van der Waals surface area (Å²) >= 11 is 0. The molecule has 0 aliphatic carbocycles. The first-order valence-electron chi connectivity index (χ1n) is 11.8. The zero-order valence-corrected chi connectivity index (χ0v) is 19.3. The minimum atomic E-state index is -0.0800. The van der Waals surface area contributed by atoms with Gasteiger partial charge in [-0.15, -0.1) is 0 Å². The van der Waals surface area contributed by atoms with Crippen LogP contribution in [-0.4, -0.2) is 43.1 Å². The van der Waals surface area contributed by atoms with Gasteiger partial charge in [0.1, 0.15) is 0 Å². The Bertz CT molecular complexity index is 1200. The van der Waals surface area contributed by atoms with E-state index in [0.717, 1.165) is 36.9 Å². The first-order valence-corrected chi connectivity index (χ1v) is 11.8. The molecule has 2 aliphatic rings. The van der Waals surface area contributed by atoms with Crippen molar-refractivity contribution >= 4 is 28.3 Å². The molecule has 0 unspecified atom stereocenters. The van der Waals surface area contributed by atoms with Crippen LogP contribution in [0.15, 0.2) is 60.7 Å². The van der Waals surface area contributed by atoms with Gasteiger partial charge in [0.2, 0.25) is 18.6 Å². The van der Waals surface area contributed by atoms with E-state index in [2.05, 4.69) is 39.8 Å². The Morgan fingerprint density at radius 1 is 1.00 bits per heavy atom. The Balaban J connectivity index is 1.10. The summed E-state index contributed by atoms with van der Waals surface area (Å²) in [6, 6.07) is 19.7. The predicted molar refractivity (Wildman–Crippen MR) is 131 cm³/mol. The fourth-order valence-corrected chi connectivity index (χ4v) is 4.77. The third-order valence-electron chi connectivity index (χ3n) is 6.63. The molecule has 1 fully saturated rings. The van der Waals surface area contributed by atoms with Crippen molar-refractivity contribution in [3.63, 3.8) is 0 Å². The first kappa shape index (κ1) is 22.2. The van der Waals surface area contributed by atoms with Crippen LogP contribution in [0, 0.1) is 5.92 Å². The molecule has 34 heavy (non-hydrogen) atoms. The number of amides is 2. The highest BCUT2D eigenvalue weighted by Gasteiger charge is 2.27. The summed E-state index contributed by atoms with van der Waals surface area (Å²) < 4.78 is 10.7. The van der Waals surface area contributed by atoms with E-state index < -0.39 is 0 Å². The van der Waals surface area contributed by atoms with Gasteiger partial charge in [0.05, 0.1) is 12.6 Å². The number of hydrogen-bond donors (Lipinski definition) is 2. The van der Waals surface area contributed by atoms with Crippen LogP contribution in [0.1, 0.15) is 31.4 Å². The highest BCUT2D eigenvalue weighted by atomic mass is 16.7. The average Bonchev–Trinajstić information content (AvgIpc) is 3.32. The SMILES string of the molecule is C[C@@H](NC(=O)CN1CCC(C(=O)Nc2ccc3c(c2)OCO3)CC1)c1cccc2ccccc12. The van der Waals surface area contributed by atoms with Crippen LogP contribution in [0.4, 0.5) is 5.69 Å². The maximum Gasteiger partial charge on any atom is 0.234 e. The van der Waals surface area contributed by atoms with E-state index >= 15 is 0 Å². The van der Waals surface area contributed by atoms with Crippen molar-refractivity contribution in [2.24, 2.45) is 5.92 Å². The Hall–Kier alpha value is -3.58. The Morgan fingerprint density at radius 3 is 2.62 bits per heavy atom. The van der Waals surface area contributed by atoms with Gasteiger partial charge in [-0.3, -0.25) is 14.5 Å². The summed E-state index contributed by atoms with van der Waals surface area (Å²) in [5.74, 6) is 1.28. The molecule has 3 aromatic rings. The van der Waals surface area contributed by atoms with E-state index in [9.17, 15) is 9.59 Å². The molecule has 0 saturated carbocycles. The first-order chi connectivity index (χ1) is 16.6. The number of piperidine rings is 1. The zero-order chi connectivity index (χ0) is 23.5. The summed E-state index contributed by atoms with van der Waals surface area (Å²) in [4.78, 5) is 27.6. The largest absolute Gasteiger partial charge is 0.454 e. The normalized spacial score (nSPS) is 16.9. The molecule has 176 valence electrons. The fourth-order valence-electron chi connectivity index (χ4n) is 4.77. The van der Waals surface area contributed by atoms with E-state index in [0.29, 0.717) is 23.7 Å². The van der Waals surface area contributed by atoms with Gasteiger partial charge in [-0.1, -0.05) is 42.5 Å². The molecule has 7 heteroatoms. The van der Waals surface area contributed by atoms with Gasteiger partial charge in [-0.2, -0.15) is 0 Å². The van der Waals surface area contributed by atoms with Gasteiger partial charge in [0.25, 0.3) is 0 Å². The molecule has 5 rings (SSSR count). The molecule has 2 heterocycles. The lowest BCUT2D eigenvalue weighted by Gasteiger charge is -2.31. The van der Waals surface area contributed by atoms with E-state index in [1.165, 1.54) is 5.39 Å². The number of ether oxygens (including phenoxy) is 2. The summed E-state index contributed by atoms with van der Waals surface area (Å²) in [6.07, 6.45) is 1.45. The molecule has 0 radical (unpaired) electrons. The molecule has 0 bridgehead atoms. The van der Waals surface area contributed by atoms with Crippen LogP contribution >= 0.6 is 0 Å². The number of fused-ring (bicyclic) bond motifs is 2. The topological polar surface area (TPSA) is 79.9 Å². The van der Waals surface area contributed by atoms with Crippen LogP contribution < -0.4 is 20.1 Å². The highest BCUT2D eigenvalue weighted by molar-refractivity contribution is 5.93. The lowest BCUT2D eigenvalue weighted by atomic mass is 9.95. The third-order valence-corrected chi connectivity index (χ3v) is 6.63. The van der Waals surface area contributed by atoms with Crippen molar-refractivity contribution in [3.8, 4) is 11.5 Å². The fraction of sp³-hybridized carbons (Fsp3) is 0.333. The molecule has 0 aromatic heterocycles. The van der Waals surface area contributed by atoms with Crippen molar-refractivity contribution in [2.45, 2.75) is 25.8 Å². The smallest absolute Gasteiger partial charge is 0.234 e. The quantitative estimate of drug-likeness (QED) is 0.580. The monoisotopic (exact) mass is 459 g/mol. The molecule has 3 aromatic carbocycles. The van der Waals surface area contributed by atoms with Crippen molar-refractivity contribution < 1.29 is 19.1 Å². The van der Waals surface area contributed by atoms with Crippen molar-refractivity contribution in [1.82, 2.24) is 10.2 Å². The summed E-state index contributed by atoms with van der Waals surface area (Å²) in [6.45, 7) is 4.00. The minimum absolute atomic E-state index is 0.00342. The molecule has 0 spiro atoms. The van der Waals surface area contributed by atoms with Crippen LogP contribution in [0.25, 0.3) is 10.8 Å². The molecule has 1 saturated heterocycles. The second kappa shape index (κ2) is 9.73. The maximum absolute atomic E-state index is 12.7. The van der Waals surface area contributed by atoms with Crippen molar-refractivity contribution in [2.75, 3.05) is 31.7 Å². The van der Waals surface area contributed by atoms with Gasteiger partial charge < -0.3 is 20.1 Å². The Morgan fingerprint density at radius 2 is 1.76 bits per heavy atom. The van der Waals surface area contributed by atoms with Crippen LogP contribution in [-0.2, 0) is 9.59 Å². The summed E-state index contributed by atoms with van der Waals surface area (Å²) in [5.41, 5.74) is 1.82. The van der Waals surface area contributed by atoms with E-state index in [-0.39, 0.29) is 30.6 Å². The summed E-state index contributed by atoms with van der Waals surface area (Å²) in [5, 5.41) is 8.45. The standard InChI is InChI=1S/C27H29N3O4/c1-18(22-8-4-6-19-5-2-3-7-23(19)22)28-26(31)16-30-13-11-20(12-14-30)27(32)29-21-9-10-24-25(15-21)34-17-33-24/h2-10,15,18,20H,11-14,16-17H2,1H3,(H,28,31)(H,29,32)/t18-/m1/s1. The molecular formula is C27H29N3O4. The molecule has 2 amide bonds. The lowest BCUT2D eigenvalue weighted by molar-refractivity contribution is -0.123. The Kier molecular flexibility index (Phi) is 6.36. The van der Waals surface area contributed by atoms with Crippen LogP contribution in [0.3, 0.4) is 0 Å². The Labute approximate surface area is 199 Å². The number of carbonyl (C=O) groups is 2. The van der Waals surface area contributed by atoms with Gasteiger partial charge in [-0.05, 0) is 61.3 Å². The molecular weight excluding hydrogens is 430 g/mol. The van der Waals surface area contributed by atoms with Crippen molar-refractivity contribution in [1.29, 1.82) is 0 Å². The predicted octanol–water partition coefficient (Wildman–Crippen LogP) is 4.10. The number of benzene rings is 3. The van der Waals surface area contributed by atoms with E-state index in [4.69, 9.17) is 9.47 Å². The third kappa shape index (κ3) is 4.84. The molecule has 2 aliphatic heterocycles. The number of anilines is 1. The van der Waals surface area contributed by atoms with Crippen LogP contribution in [0.5, 0.6) is 11.5 Å². The van der Waals surface area contributed by atoms with Gasteiger partial charge in [-0.25, -0.2) is 0 Å². The van der Waals surface area contributed by atoms with Crippen LogP contribution in [0.2, 0.25) is 0 Å². The number of rotatable bonds is 6. The number of nitrogens with one attached hydrogen (secondary N) is 2. The van der Waals surface area contributed by atoms with E-state index in [1.807, 2.05) is 31.2 Å². The number of carbonyl (C=O) groups excluding carboxylic acids is 2. The van der Waals surface area contributed by atoms with Gasteiger partial charge >= 0.3 is 0 Å². The zero-order valence-electron chi connectivity index (χ0n) is 19.3. The highest BCUT2D eigenvalue weighted by Crippen LogP contribution is 2.34. The number of hydrogen-bond acceptors (Lipinski definition) is 5. The second-order valence-electron chi connectivity index (χ2n) is 8.97. The molecule has 2 N–H and O–H groups in total. The average molecular weight is 460 g/mol. The van der Waals surface area contributed by atoms with Gasteiger partial charge in [0, 0.05) is 17.7 Å². The maximum atomic E-state index is 12.7.